The van der Waals surface area contributed by atoms with Crippen LogP contribution in [0.2, 0.25) is 0 Å². The van der Waals surface area contributed by atoms with Gasteiger partial charge in [0.1, 0.15) is 11.6 Å². The number of benzene rings is 1. The maximum atomic E-state index is 5.42. The third kappa shape index (κ3) is 3.97. The van der Waals surface area contributed by atoms with E-state index in [1.807, 2.05) is 24.4 Å². The third-order valence-corrected chi connectivity index (χ3v) is 4.34. The van der Waals surface area contributed by atoms with Crippen molar-refractivity contribution in [2.75, 3.05) is 19.1 Å². The van der Waals surface area contributed by atoms with Gasteiger partial charge in [0, 0.05) is 24.6 Å². The van der Waals surface area contributed by atoms with Crippen molar-refractivity contribution in [3.63, 3.8) is 0 Å². The summed E-state index contributed by atoms with van der Waals surface area (Å²) in [5, 5.41) is 0.834. The average molecular weight is 349 g/mol. The van der Waals surface area contributed by atoms with Crippen LogP contribution in [-0.2, 0) is 11.8 Å². The first-order valence-corrected chi connectivity index (χ1v) is 8.13. The largest absolute Gasteiger partial charge is 0.496 e. The topological polar surface area (TPSA) is 25.4 Å². The monoisotopic (exact) mass is 348 g/mol. The van der Waals surface area contributed by atoms with Crippen molar-refractivity contribution >= 4 is 21.7 Å². The zero-order valence-corrected chi connectivity index (χ0v) is 14.3. The highest BCUT2D eigenvalue weighted by atomic mass is 79.9. The van der Waals surface area contributed by atoms with E-state index in [9.17, 15) is 0 Å². The number of halogens is 1. The summed E-state index contributed by atoms with van der Waals surface area (Å²) in [6, 6.07) is 12.7. The molecule has 0 amide bonds. The number of para-hydroxylation sites is 1. The smallest absolute Gasteiger partial charge is 0.128 e. The molecule has 0 bridgehead atoms. The van der Waals surface area contributed by atoms with Crippen molar-refractivity contribution in [1.82, 2.24) is 4.98 Å². The summed E-state index contributed by atoms with van der Waals surface area (Å²) in [7, 11) is 3.80. The third-order valence-electron chi connectivity index (χ3n) is 3.69. The van der Waals surface area contributed by atoms with Crippen LogP contribution >= 0.6 is 15.9 Å². The van der Waals surface area contributed by atoms with Gasteiger partial charge in [-0.1, -0.05) is 40.2 Å². The molecule has 0 saturated heterocycles. The predicted octanol–water partition coefficient (Wildman–Crippen LogP) is 4.05. The first-order valence-electron chi connectivity index (χ1n) is 7.01. The molecule has 21 heavy (non-hydrogen) atoms. The van der Waals surface area contributed by atoms with E-state index in [1.54, 1.807) is 7.11 Å². The van der Waals surface area contributed by atoms with E-state index in [-0.39, 0.29) is 0 Å². The molecule has 112 valence electrons. The Morgan fingerprint density at radius 1 is 1.24 bits per heavy atom. The summed E-state index contributed by atoms with van der Waals surface area (Å²) < 4.78 is 5.42. The number of likely N-dealkylation sites (N-methyl/N-ethyl adjacent to an activating group) is 1. The summed E-state index contributed by atoms with van der Waals surface area (Å²) >= 11 is 3.44. The van der Waals surface area contributed by atoms with Gasteiger partial charge in [-0.2, -0.15) is 0 Å². The van der Waals surface area contributed by atoms with Crippen molar-refractivity contribution in [3.8, 4) is 5.75 Å². The number of nitrogens with zero attached hydrogens (tertiary/aromatic N) is 2. The molecule has 0 aliphatic heterocycles. The van der Waals surface area contributed by atoms with Crippen LogP contribution in [0, 0.1) is 0 Å². The molecule has 4 heteroatoms. The van der Waals surface area contributed by atoms with Crippen LogP contribution in [0.4, 0.5) is 5.82 Å². The fraction of sp³-hybridized carbons (Fsp3) is 0.353. The lowest BCUT2D eigenvalue weighted by Crippen LogP contribution is -2.31. The lowest BCUT2D eigenvalue weighted by Gasteiger charge is -2.26. The summed E-state index contributed by atoms with van der Waals surface area (Å²) in [5.41, 5.74) is 2.40. The molecule has 0 aliphatic rings. The van der Waals surface area contributed by atoms with E-state index in [2.05, 4.69) is 58.0 Å². The molecule has 1 heterocycles. The van der Waals surface area contributed by atoms with Crippen LogP contribution < -0.4 is 9.64 Å². The number of methoxy groups -OCH3 is 1. The van der Waals surface area contributed by atoms with E-state index in [1.165, 1.54) is 11.1 Å². The molecule has 1 unspecified atom stereocenters. The number of pyridine rings is 1. The van der Waals surface area contributed by atoms with E-state index >= 15 is 0 Å². The summed E-state index contributed by atoms with van der Waals surface area (Å²) in [6.45, 7) is 2.20. The van der Waals surface area contributed by atoms with Crippen molar-refractivity contribution in [3.05, 3.63) is 53.7 Å². The van der Waals surface area contributed by atoms with Gasteiger partial charge in [0.2, 0.25) is 0 Å². The SMILES string of the molecule is COc1ccccc1CC(C)N(C)c1ccc(CBr)cn1. The van der Waals surface area contributed by atoms with Crippen molar-refractivity contribution < 1.29 is 4.74 Å². The zero-order chi connectivity index (χ0) is 15.2. The minimum Gasteiger partial charge on any atom is -0.496 e. The minimum atomic E-state index is 0.337. The molecule has 0 N–H and O–H groups in total. The zero-order valence-electron chi connectivity index (χ0n) is 12.7. The second kappa shape index (κ2) is 7.46. The highest BCUT2D eigenvalue weighted by molar-refractivity contribution is 9.08. The Balaban J connectivity index is 2.09. The quantitative estimate of drug-likeness (QED) is 0.736. The predicted molar refractivity (Wildman–Crippen MR) is 91.4 cm³/mol. The lowest BCUT2D eigenvalue weighted by molar-refractivity contribution is 0.408. The number of hydrogen-bond acceptors (Lipinski definition) is 3. The van der Waals surface area contributed by atoms with Crippen LogP contribution in [0.3, 0.4) is 0 Å². The van der Waals surface area contributed by atoms with Crippen molar-refractivity contribution in [2.45, 2.75) is 24.7 Å². The fourth-order valence-corrected chi connectivity index (χ4v) is 2.59. The molecule has 0 saturated carbocycles. The number of rotatable bonds is 6. The van der Waals surface area contributed by atoms with Gasteiger partial charge in [0.15, 0.2) is 0 Å². The highest BCUT2D eigenvalue weighted by Crippen LogP contribution is 2.22. The van der Waals surface area contributed by atoms with Crippen LogP contribution in [0.25, 0.3) is 0 Å². The van der Waals surface area contributed by atoms with E-state index in [0.29, 0.717) is 6.04 Å². The van der Waals surface area contributed by atoms with Gasteiger partial charge < -0.3 is 9.64 Å². The molecule has 3 nitrogen and oxygen atoms in total. The Hall–Kier alpha value is -1.55. The van der Waals surface area contributed by atoms with Gasteiger partial charge in [-0.3, -0.25) is 0 Å². The Labute approximate surface area is 135 Å². The fourth-order valence-electron chi connectivity index (χ4n) is 2.26. The Morgan fingerprint density at radius 3 is 2.62 bits per heavy atom. The first-order chi connectivity index (χ1) is 10.2. The normalized spacial score (nSPS) is 12.0. The molecular formula is C17H21BrN2O. The maximum Gasteiger partial charge on any atom is 0.128 e. The number of anilines is 1. The van der Waals surface area contributed by atoms with Crippen LogP contribution in [-0.4, -0.2) is 25.2 Å². The maximum absolute atomic E-state index is 5.42. The van der Waals surface area contributed by atoms with Crippen molar-refractivity contribution in [1.29, 1.82) is 0 Å². The summed E-state index contributed by atoms with van der Waals surface area (Å²) in [6.07, 6.45) is 2.83. The van der Waals surface area contributed by atoms with E-state index in [4.69, 9.17) is 4.74 Å². The van der Waals surface area contributed by atoms with E-state index < -0.39 is 0 Å². The van der Waals surface area contributed by atoms with Crippen LogP contribution in [0.1, 0.15) is 18.1 Å². The molecule has 2 aromatic rings. The highest BCUT2D eigenvalue weighted by Gasteiger charge is 2.14. The molecular weight excluding hydrogens is 328 g/mol. The number of hydrogen-bond donors (Lipinski definition) is 0. The summed E-state index contributed by atoms with van der Waals surface area (Å²) in [5.74, 6) is 1.93. The van der Waals surface area contributed by atoms with Gasteiger partial charge in [-0.15, -0.1) is 0 Å². The molecule has 0 spiro atoms. The average Bonchev–Trinajstić information content (AvgIpc) is 2.54. The minimum absolute atomic E-state index is 0.337. The Bertz CT molecular complexity index is 571. The molecule has 0 radical (unpaired) electrons. The number of ether oxygens (including phenoxy) is 1. The van der Waals surface area contributed by atoms with Gasteiger partial charge in [-0.05, 0) is 36.6 Å². The van der Waals surface area contributed by atoms with Gasteiger partial charge in [0.05, 0.1) is 7.11 Å². The summed E-state index contributed by atoms with van der Waals surface area (Å²) in [4.78, 5) is 6.72. The Morgan fingerprint density at radius 2 is 2.00 bits per heavy atom. The van der Waals surface area contributed by atoms with Crippen molar-refractivity contribution in [2.24, 2.45) is 0 Å². The standard InChI is InChI=1S/C17H21BrN2O/c1-13(10-15-6-4-5-7-16(15)21-3)20(2)17-9-8-14(11-18)12-19-17/h4-9,12-13H,10-11H2,1-3H3. The van der Waals surface area contributed by atoms with E-state index in [0.717, 1.165) is 23.3 Å². The second-order valence-electron chi connectivity index (χ2n) is 5.13. The van der Waals surface area contributed by atoms with Crippen LogP contribution in [0.15, 0.2) is 42.6 Å². The number of alkyl halides is 1. The molecule has 1 atom stereocenters. The van der Waals surface area contributed by atoms with Crippen LogP contribution in [0.5, 0.6) is 5.75 Å². The molecule has 1 aromatic carbocycles. The van der Waals surface area contributed by atoms with Gasteiger partial charge in [0.25, 0.3) is 0 Å². The first kappa shape index (κ1) is 15.8. The van der Waals surface area contributed by atoms with Gasteiger partial charge in [-0.25, -0.2) is 4.98 Å². The second-order valence-corrected chi connectivity index (χ2v) is 5.69. The Kier molecular flexibility index (Phi) is 5.62. The molecule has 2 rings (SSSR count). The number of aromatic nitrogens is 1. The van der Waals surface area contributed by atoms with Gasteiger partial charge >= 0.3 is 0 Å². The molecule has 0 aliphatic carbocycles. The molecule has 1 aromatic heterocycles. The lowest BCUT2D eigenvalue weighted by atomic mass is 10.1. The molecule has 0 fully saturated rings.